The molecule has 0 amide bonds. The average molecular weight is 397 g/mol. The van der Waals surface area contributed by atoms with Crippen LogP contribution in [-0.4, -0.2) is 94.4 Å². The molecule has 0 saturated heterocycles. The van der Waals surface area contributed by atoms with Gasteiger partial charge in [0, 0.05) is 71.4 Å². The molecule has 3 N–H and O–H groups in total. The van der Waals surface area contributed by atoms with Crippen molar-refractivity contribution in [3.8, 4) is 0 Å². The predicted molar refractivity (Wildman–Crippen MR) is 105 cm³/mol. The van der Waals surface area contributed by atoms with E-state index in [9.17, 15) is 15.3 Å². The molecule has 0 heterocycles. The first-order valence-electron chi connectivity index (χ1n) is 10.2. The van der Waals surface area contributed by atoms with Gasteiger partial charge in [-0.15, -0.1) is 0 Å². The van der Waals surface area contributed by atoms with Gasteiger partial charge >= 0.3 is 8.80 Å². The minimum Gasteiger partial charge on any atom is -0.396 e. The Balaban J connectivity index is 5.02. The molecule has 0 aromatic rings. The Morgan fingerprint density at radius 1 is 0.615 bits per heavy atom. The third-order valence-corrected chi connectivity index (χ3v) is 7.73. The van der Waals surface area contributed by atoms with E-state index in [1.54, 1.807) is 0 Å². The van der Waals surface area contributed by atoms with E-state index in [0.29, 0.717) is 19.8 Å². The standard InChI is InChI=1S/C18H42NO6Si/c1-4-23-26(24-5-2,25-6-3)18-10-14-19(11-7-15-20,12-8-16-21)13-9-17-22/h20-22H,4-18H2,1-3H3/q+1. The number of aliphatic hydroxyl groups is 3. The molecule has 8 heteroatoms. The zero-order valence-corrected chi connectivity index (χ0v) is 18.1. The number of hydrogen-bond donors (Lipinski definition) is 3. The molecule has 26 heavy (non-hydrogen) atoms. The molecule has 0 spiro atoms. The summed E-state index contributed by atoms with van der Waals surface area (Å²) in [5.74, 6) is 0. The van der Waals surface area contributed by atoms with E-state index >= 15 is 0 Å². The smallest absolute Gasteiger partial charge is 0.396 e. The van der Waals surface area contributed by atoms with E-state index in [4.69, 9.17) is 13.3 Å². The SMILES string of the molecule is CCO[Si](CCC[N+](CCCO)(CCCO)CCCO)(OCC)OCC. The Morgan fingerprint density at radius 2 is 0.962 bits per heavy atom. The van der Waals surface area contributed by atoms with Crippen molar-refractivity contribution >= 4 is 8.80 Å². The molecule has 0 bridgehead atoms. The average Bonchev–Trinajstić information content (AvgIpc) is 2.63. The van der Waals surface area contributed by atoms with Gasteiger partial charge < -0.3 is 33.1 Å². The fraction of sp³-hybridized carbons (Fsp3) is 1.00. The van der Waals surface area contributed by atoms with Crippen LogP contribution in [-0.2, 0) is 13.3 Å². The van der Waals surface area contributed by atoms with Crippen LogP contribution in [0, 0.1) is 0 Å². The molecule has 7 nitrogen and oxygen atoms in total. The number of quaternary nitrogens is 1. The number of hydrogen-bond acceptors (Lipinski definition) is 6. The van der Waals surface area contributed by atoms with Crippen molar-refractivity contribution < 1.29 is 33.1 Å². The highest BCUT2D eigenvalue weighted by Crippen LogP contribution is 2.21. The van der Waals surface area contributed by atoms with Crippen LogP contribution in [0.5, 0.6) is 0 Å². The molecule has 0 aliphatic heterocycles. The second-order valence-electron chi connectivity index (χ2n) is 6.55. The van der Waals surface area contributed by atoms with Gasteiger partial charge in [-0.2, -0.15) is 0 Å². The Bertz CT molecular complexity index is 283. The normalized spacial score (nSPS) is 12.7. The van der Waals surface area contributed by atoms with Crippen LogP contribution >= 0.6 is 0 Å². The third kappa shape index (κ3) is 10.3. The fourth-order valence-electron chi connectivity index (χ4n) is 3.52. The number of nitrogens with zero attached hydrogens (tertiary/aromatic N) is 1. The van der Waals surface area contributed by atoms with Crippen molar-refractivity contribution in [2.24, 2.45) is 0 Å². The van der Waals surface area contributed by atoms with Crippen molar-refractivity contribution in [1.82, 2.24) is 0 Å². The molecule has 0 aromatic carbocycles. The molecule has 0 saturated carbocycles. The van der Waals surface area contributed by atoms with Crippen molar-refractivity contribution in [1.29, 1.82) is 0 Å². The fourth-order valence-corrected chi connectivity index (χ4v) is 6.12. The molecule has 0 fully saturated rings. The van der Waals surface area contributed by atoms with Crippen LogP contribution in [0.3, 0.4) is 0 Å². The van der Waals surface area contributed by atoms with Crippen LogP contribution in [0.2, 0.25) is 6.04 Å². The van der Waals surface area contributed by atoms with E-state index in [0.717, 1.165) is 62.4 Å². The van der Waals surface area contributed by atoms with Gasteiger partial charge in [-0.1, -0.05) is 0 Å². The highest BCUT2D eigenvalue weighted by Gasteiger charge is 2.41. The van der Waals surface area contributed by atoms with Crippen LogP contribution < -0.4 is 0 Å². The van der Waals surface area contributed by atoms with Crippen molar-refractivity contribution in [3.63, 3.8) is 0 Å². The van der Waals surface area contributed by atoms with E-state index in [1.165, 1.54) is 0 Å². The zero-order valence-electron chi connectivity index (χ0n) is 17.1. The van der Waals surface area contributed by atoms with Gasteiger partial charge in [0.05, 0.1) is 26.2 Å². The molecular formula is C18H42NO6Si+. The second kappa shape index (κ2) is 15.9. The van der Waals surface area contributed by atoms with E-state index in [2.05, 4.69) is 0 Å². The highest BCUT2D eigenvalue weighted by atomic mass is 28.4. The van der Waals surface area contributed by atoms with Crippen LogP contribution in [0.1, 0.15) is 46.5 Å². The Morgan fingerprint density at radius 3 is 1.27 bits per heavy atom. The van der Waals surface area contributed by atoms with Crippen molar-refractivity contribution in [3.05, 3.63) is 0 Å². The van der Waals surface area contributed by atoms with Gasteiger partial charge in [0.15, 0.2) is 0 Å². The first-order chi connectivity index (χ1) is 12.6. The van der Waals surface area contributed by atoms with Crippen molar-refractivity contribution in [2.75, 3.05) is 65.8 Å². The predicted octanol–water partition coefficient (Wildman–Crippen LogP) is 1.39. The van der Waals surface area contributed by atoms with Crippen LogP contribution in [0.25, 0.3) is 0 Å². The monoisotopic (exact) mass is 396 g/mol. The summed E-state index contributed by atoms with van der Waals surface area (Å²) in [6.45, 7) is 11.5. The van der Waals surface area contributed by atoms with E-state index in [1.807, 2.05) is 20.8 Å². The minimum atomic E-state index is -2.65. The molecule has 0 aromatic heterocycles. The summed E-state index contributed by atoms with van der Waals surface area (Å²) in [7, 11) is -2.65. The topological polar surface area (TPSA) is 88.4 Å². The number of rotatable bonds is 19. The highest BCUT2D eigenvalue weighted by molar-refractivity contribution is 6.60. The van der Waals surface area contributed by atoms with Gasteiger partial charge in [-0.05, 0) is 20.8 Å². The summed E-state index contributed by atoms with van der Waals surface area (Å²) in [6, 6.07) is 0.764. The van der Waals surface area contributed by atoms with Crippen LogP contribution in [0.15, 0.2) is 0 Å². The van der Waals surface area contributed by atoms with Crippen LogP contribution in [0.4, 0.5) is 0 Å². The largest absolute Gasteiger partial charge is 0.501 e. The lowest BCUT2D eigenvalue weighted by molar-refractivity contribution is -0.929. The van der Waals surface area contributed by atoms with Crippen molar-refractivity contribution in [2.45, 2.75) is 52.5 Å². The van der Waals surface area contributed by atoms with Gasteiger partial charge in [0.25, 0.3) is 0 Å². The second-order valence-corrected chi connectivity index (χ2v) is 9.29. The van der Waals surface area contributed by atoms with E-state index in [-0.39, 0.29) is 19.8 Å². The maximum atomic E-state index is 9.28. The Kier molecular flexibility index (Phi) is 15.9. The Labute approximate surface area is 160 Å². The summed E-state index contributed by atoms with van der Waals surface area (Å²) in [4.78, 5) is 0. The third-order valence-electron chi connectivity index (χ3n) is 4.58. The molecule has 0 radical (unpaired) electrons. The quantitative estimate of drug-likeness (QED) is 0.226. The first-order valence-corrected chi connectivity index (χ1v) is 12.1. The van der Waals surface area contributed by atoms with E-state index < -0.39 is 8.80 Å². The lowest BCUT2D eigenvalue weighted by Crippen LogP contribution is -2.53. The molecule has 0 rings (SSSR count). The minimum absolute atomic E-state index is 0.160. The molecule has 0 aliphatic carbocycles. The molecule has 0 unspecified atom stereocenters. The maximum absolute atomic E-state index is 9.28. The van der Waals surface area contributed by atoms with Gasteiger partial charge in [0.2, 0.25) is 0 Å². The molecule has 158 valence electrons. The summed E-state index contributed by atoms with van der Waals surface area (Å²) < 4.78 is 18.6. The van der Waals surface area contributed by atoms with Gasteiger partial charge in [-0.25, -0.2) is 0 Å². The summed E-state index contributed by atoms with van der Waals surface area (Å²) >= 11 is 0. The molecular weight excluding hydrogens is 354 g/mol. The lowest BCUT2D eigenvalue weighted by Gasteiger charge is -2.39. The summed E-state index contributed by atoms with van der Waals surface area (Å²) in [6.07, 6.45) is 3.07. The number of aliphatic hydroxyl groups excluding tert-OH is 3. The Hall–Kier alpha value is -0.0631. The maximum Gasteiger partial charge on any atom is 0.501 e. The summed E-state index contributed by atoms with van der Waals surface area (Å²) in [5.41, 5.74) is 0. The summed E-state index contributed by atoms with van der Waals surface area (Å²) in [5, 5.41) is 27.8. The lowest BCUT2D eigenvalue weighted by atomic mass is 10.2. The molecule has 0 aliphatic rings. The molecule has 0 atom stereocenters. The zero-order chi connectivity index (χ0) is 19.7. The van der Waals surface area contributed by atoms with Gasteiger partial charge in [0.1, 0.15) is 0 Å². The van der Waals surface area contributed by atoms with Gasteiger partial charge in [-0.3, -0.25) is 0 Å². The first kappa shape index (κ1) is 25.9.